The predicted molar refractivity (Wildman–Crippen MR) is 95.7 cm³/mol. The van der Waals surface area contributed by atoms with Crippen LogP contribution in [0.25, 0.3) is 0 Å². The fourth-order valence-electron chi connectivity index (χ4n) is 3.84. The van der Waals surface area contributed by atoms with Crippen LogP contribution in [0.1, 0.15) is 19.4 Å². The van der Waals surface area contributed by atoms with Crippen molar-refractivity contribution >= 4 is 23.3 Å². The van der Waals surface area contributed by atoms with E-state index in [2.05, 4.69) is 4.98 Å². The Morgan fingerprint density at radius 3 is 2.72 bits per heavy atom. The second-order valence-electron chi connectivity index (χ2n) is 6.96. The highest BCUT2D eigenvalue weighted by molar-refractivity contribution is 6.29. The van der Waals surface area contributed by atoms with Crippen molar-refractivity contribution in [2.24, 2.45) is 0 Å². The normalized spacial score (nSPS) is 25.1. The highest BCUT2D eigenvalue weighted by Crippen LogP contribution is 2.38. The molecule has 1 aromatic heterocycles. The van der Waals surface area contributed by atoms with Gasteiger partial charge in [0.15, 0.2) is 0 Å². The molecule has 0 bridgehead atoms. The van der Waals surface area contributed by atoms with E-state index in [0.29, 0.717) is 25.5 Å². The van der Waals surface area contributed by atoms with Crippen molar-refractivity contribution in [1.82, 2.24) is 14.5 Å². The van der Waals surface area contributed by atoms with Crippen LogP contribution in [0, 0.1) is 0 Å². The Balaban J connectivity index is 1.71. The Hall–Kier alpha value is -2.34. The first-order chi connectivity index (χ1) is 11.9. The number of benzene rings is 1. The summed E-state index contributed by atoms with van der Waals surface area (Å²) >= 11 is 5.97. The molecule has 2 aliphatic rings. The van der Waals surface area contributed by atoms with Crippen molar-refractivity contribution < 1.29 is 4.79 Å². The van der Waals surface area contributed by atoms with Crippen LogP contribution in [0.3, 0.4) is 0 Å². The molecule has 1 fully saturated rings. The molecule has 6 nitrogen and oxygen atoms in total. The number of rotatable bonds is 2. The van der Waals surface area contributed by atoms with Gasteiger partial charge in [-0.3, -0.25) is 9.36 Å². The fraction of sp³-hybridized carbons (Fsp3) is 0.389. The molecule has 0 aliphatic carbocycles. The molecule has 1 saturated heterocycles. The van der Waals surface area contributed by atoms with E-state index in [1.807, 2.05) is 54.0 Å². The molecule has 1 aromatic carbocycles. The van der Waals surface area contributed by atoms with Gasteiger partial charge in [0.1, 0.15) is 16.5 Å². The standard InChI is InChI=1S/C18H19ClN4O2/c1-12-9-23-15-8-14(19)20-17(25)22(15)11-18(23,2)16(24)21(12)10-13-6-4-3-5-7-13/h3-8,12H,9-11H2,1-2H3/t12-,18+/m0/s1. The maximum atomic E-state index is 13.3. The summed E-state index contributed by atoms with van der Waals surface area (Å²) in [7, 11) is 0. The lowest BCUT2D eigenvalue weighted by atomic mass is 9.93. The summed E-state index contributed by atoms with van der Waals surface area (Å²) < 4.78 is 1.54. The smallest absolute Gasteiger partial charge is 0.340 e. The lowest BCUT2D eigenvalue weighted by Gasteiger charge is -2.47. The summed E-state index contributed by atoms with van der Waals surface area (Å²) in [5.74, 6) is 0.696. The summed E-state index contributed by atoms with van der Waals surface area (Å²) in [5.41, 5.74) is -0.106. The molecule has 0 radical (unpaired) electrons. The van der Waals surface area contributed by atoms with Crippen LogP contribution in [0.15, 0.2) is 41.2 Å². The Bertz CT molecular complexity index is 898. The van der Waals surface area contributed by atoms with Crippen LogP contribution >= 0.6 is 11.6 Å². The number of amides is 1. The van der Waals surface area contributed by atoms with Crippen molar-refractivity contribution in [2.45, 2.75) is 38.5 Å². The second kappa shape index (κ2) is 5.59. The SMILES string of the molecule is C[C@H]1CN2c3cc(Cl)nc(=O)n3C[C@]2(C)C(=O)N1Cc1ccccc1. The van der Waals surface area contributed by atoms with E-state index in [1.165, 1.54) is 0 Å². The van der Waals surface area contributed by atoms with Crippen molar-refractivity contribution in [1.29, 1.82) is 0 Å². The number of hydrogen-bond acceptors (Lipinski definition) is 4. The molecule has 0 N–H and O–H groups in total. The molecule has 2 atom stereocenters. The number of nitrogens with zero attached hydrogens (tertiary/aromatic N) is 4. The quantitative estimate of drug-likeness (QED) is 0.769. The number of halogens is 1. The van der Waals surface area contributed by atoms with Gasteiger partial charge in [0.05, 0.1) is 6.54 Å². The zero-order valence-corrected chi connectivity index (χ0v) is 14.9. The van der Waals surface area contributed by atoms with Crippen LogP contribution in [0.4, 0.5) is 5.82 Å². The van der Waals surface area contributed by atoms with Gasteiger partial charge in [-0.05, 0) is 19.4 Å². The van der Waals surface area contributed by atoms with Gasteiger partial charge in [-0.15, -0.1) is 0 Å². The maximum Gasteiger partial charge on any atom is 0.350 e. The third kappa shape index (κ3) is 2.43. The number of piperazine rings is 1. The van der Waals surface area contributed by atoms with Gasteiger partial charge in [-0.25, -0.2) is 4.79 Å². The summed E-state index contributed by atoms with van der Waals surface area (Å²) in [6, 6.07) is 11.6. The topological polar surface area (TPSA) is 58.4 Å². The monoisotopic (exact) mass is 358 g/mol. The van der Waals surface area contributed by atoms with Gasteiger partial charge >= 0.3 is 5.69 Å². The van der Waals surface area contributed by atoms with Gasteiger partial charge in [-0.1, -0.05) is 41.9 Å². The van der Waals surface area contributed by atoms with E-state index in [1.54, 1.807) is 10.6 Å². The zero-order chi connectivity index (χ0) is 17.8. The van der Waals surface area contributed by atoms with E-state index in [9.17, 15) is 9.59 Å². The predicted octanol–water partition coefficient (Wildman–Crippen LogP) is 1.91. The third-order valence-corrected chi connectivity index (χ3v) is 5.39. The summed E-state index contributed by atoms with van der Waals surface area (Å²) in [6.45, 7) is 5.43. The number of aromatic nitrogens is 2. The highest BCUT2D eigenvalue weighted by Gasteiger charge is 2.53. The molecule has 130 valence electrons. The lowest BCUT2D eigenvalue weighted by molar-refractivity contribution is -0.142. The van der Waals surface area contributed by atoms with Gasteiger partial charge in [0.2, 0.25) is 0 Å². The van der Waals surface area contributed by atoms with Gasteiger partial charge in [-0.2, -0.15) is 4.98 Å². The molecular formula is C18H19ClN4O2. The van der Waals surface area contributed by atoms with Crippen molar-refractivity contribution in [3.8, 4) is 0 Å². The first-order valence-corrected chi connectivity index (χ1v) is 8.68. The number of hydrogen-bond donors (Lipinski definition) is 0. The largest absolute Gasteiger partial charge is 0.350 e. The van der Waals surface area contributed by atoms with Crippen molar-refractivity contribution in [3.05, 3.63) is 57.6 Å². The number of fused-ring (bicyclic) bond motifs is 3. The minimum Gasteiger partial charge on any atom is -0.340 e. The number of carbonyl (C=O) groups excluding carboxylic acids is 1. The Labute approximate surface area is 150 Å². The minimum absolute atomic E-state index is 0.0225. The fourth-order valence-corrected chi connectivity index (χ4v) is 4.01. The van der Waals surface area contributed by atoms with Gasteiger partial charge in [0.25, 0.3) is 5.91 Å². The van der Waals surface area contributed by atoms with Gasteiger partial charge < -0.3 is 9.80 Å². The van der Waals surface area contributed by atoms with Crippen LogP contribution in [0.5, 0.6) is 0 Å². The van der Waals surface area contributed by atoms with E-state index in [0.717, 1.165) is 5.56 Å². The average Bonchev–Trinajstić information content (AvgIpc) is 2.87. The van der Waals surface area contributed by atoms with Crippen LogP contribution in [-0.2, 0) is 17.9 Å². The van der Waals surface area contributed by atoms with Crippen LogP contribution in [-0.4, -0.2) is 38.5 Å². The highest BCUT2D eigenvalue weighted by atomic mass is 35.5. The molecule has 7 heteroatoms. The van der Waals surface area contributed by atoms with Crippen LogP contribution in [0.2, 0.25) is 5.15 Å². The maximum absolute atomic E-state index is 13.3. The molecule has 4 rings (SSSR count). The molecule has 0 unspecified atom stereocenters. The number of anilines is 1. The average molecular weight is 359 g/mol. The van der Waals surface area contributed by atoms with Crippen molar-refractivity contribution in [3.63, 3.8) is 0 Å². The Morgan fingerprint density at radius 2 is 2.00 bits per heavy atom. The molecule has 0 saturated carbocycles. The van der Waals surface area contributed by atoms with E-state index < -0.39 is 11.2 Å². The summed E-state index contributed by atoms with van der Waals surface area (Å²) in [6.07, 6.45) is 0. The second-order valence-corrected chi connectivity index (χ2v) is 7.35. The molecule has 25 heavy (non-hydrogen) atoms. The lowest BCUT2D eigenvalue weighted by Crippen LogP contribution is -2.66. The summed E-state index contributed by atoms with van der Waals surface area (Å²) in [5, 5.41) is 0.160. The molecule has 2 aliphatic heterocycles. The van der Waals surface area contributed by atoms with Gasteiger partial charge in [0, 0.05) is 25.2 Å². The minimum atomic E-state index is -0.792. The van der Waals surface area contributed by atoms with E-state index in [-0.39, 0.29) is 17.1 Å². The van der Waals surface area contributed by atoms with E-state index in [4.69, 9.17) is 11.6 Å². The molecular weight excluding hydrogens is 340 g/mol. The zero-order valence-electron chi connectivity index (χ0n) is 14.1. The van der Waals surface area contributed by atoms with E-state index >= 15 is 0 Å². The first-order valence-electron chi connectivity index (χ1n) is 8.30. The molecule has 1 amide bonds. The third-order valence-electron chi connectivity index (χ3n) is 5.19. The Kier molecular flexibility index (Phi) is 3.61. The molecule has 2 aromatic rings. The summed E-state index contributed by atoms with van der Waals surface area (Å²) in [4.78, 5) is 33.2. The number of carbonyl (C=O) groups is 1. The molecule has 3 heterocycles. The van der Waals surface area contributed by atoms with Crippen LogP contribution < -0.4 is 10.6 Å². The first kappa shape index (κ1) is 16.1. The Morgan fingerprint density at radius 1 is 1.28 bits per heavy atom. The molecule has 0 spiro atoms. The van der Waals surface area contributed by atoms with Crippen molar-refractivity contribution in [2.75, 3.05) is 11.4 Å².